The second-order valence-electron chi connectivity index (χ2n) is 3.65. The van der Waals surface area contributed by atoms with Crippen LogP contribution in [0.25, 0.3) is 0 Å². The zero-order valence-electron chi connectivity index (χ0n) is 9.37. The lowest BCUT2D eigenvalue weighted by Gasteiger charge is -2.10. The molecule has 0 aromatic heterocycles. The Hall–Kier alpha value is -1.42. The molecule has 3 nitrogen and oxygen atoms in total. The first-order valence-electron chi connectivity index (χ1n) is 5.41. The predicted octanol–water partition coefficient (Wildman–Crippen LogP) is 1.22. The second-order valence-corrected chi connectivity index (χ2v) is 3.65. The number of hydrogen-bond donors (Lipinski definition) is 2. The quantitative estimate of drug-likeness (QED) is 0.790. The third-order valence-electron chi connectivity index (χ3n) is 2.43. The largest absolute Gasteiger partial charge is 0.354 e. The molecule has 1 amide bonds. The monoisotopic (exact) mass is 224 g/mol. The van der Waals surface area contributed by atoms with Gasteiger partial charge in [0.25, 0.3) is 0 Å². The maximum atomic E-state index is 13.2. The molecule has 0 radical (unpaired) electrons. The predicted molar refractivity (Wildman–Crippen MR) is 61.4 cm³/mol. The van der Waals surface area contributed by atoms with E-state index in [1.165, 1.54) is 6.07 Å². The van der Waals surface area contributed by atoms with E-state index >= 15 is 0 Å². The Morgan fingerprint density at radius 3 is 2.81 bits per heavy atom. The van der Waals surface area contributed by atoms with Gasteiger partial charge in [-0.3, -0.25) is 4.79 Å². The Bertz CT molecular complexity index is 355. The summed E-state index contributed by atoms with van der Waals surface area (Å²) < 4.78 is 13.2. The van der Waals surface area contributed by atoms with Gasteiger partial charge in [-0.15, -0.1) is 0 Å². The van der Waals surface area contributed by atoms with Crippen molar-refractivity contribution in [3.8, 4) is 0 Å². The van der Waals surface area contributed by atoms with Gasteiger partial charge in [0.05, 0.1) is 6.04 Å². The highest BCUT2D eigenvalue weighted by Gasteiger charge is 2.09. The second kappa shape index (κ2) is 6.23. The zero-order valence-corrected chi connectivity index (χ0v) is 9.37. The summed E-state index contributed by atoms with van der Waals surface area (Å²) in [6.45, 7) is 2.26. The summed E-state index contributed by atoms with van der Waals surface area (Å²) in [5, 5.41) is 2.68. The van der Waals surface area contributed by atoms with Gasteiger partial charge in [0.2, 0.25) is 5.91 Å². The van der Waals surface area contributed by atoms with Crippen molar-refractivity contribution in [3.63, 3.8) is 0 Å². The molecule has 0 aliphatic heterocycles. The van der Waals surface area contributed by atoms with E-state index in [1.54, 1.807) is 18.2 Å². The van der Waals surface area contributed by atoms with E-state index in [4.69, 9.17) is 5.73 Å². The van der Waals surface area contributed by atoms with Crippen molar-refractivity contribution in [1.29, 1.82) is 0 Å². The molecule has 4 heteroatoms. The molecule has 1 rings (SSSR count). The molecule has 0 aliphatic carbocycles. The molecule has 0 heterocycles. The summed E-state index contributed by atoms with van der Waals surface area (Å²) in [6, 6.07) is 6.07. The van der Waals surface area contributed by atoms with Crippen LogP contribution in [0.2, 0.25) is 0 Å². The first-order valence-corrected chi connectivity index (χ1v) is 5.41. The summed E-state index contributed by atoms with van der Waals surface area (Å²) in [6.07, 6.45) is 1.08. The van der Waals surface area contributed by atoms with Crippen molar-refractivity contribution in [1.82, 2.24) is 5.32 Å². The van der Waals surface area contributed by atoms with Crippen molar-refractivity contribution < 1.29 is 9.18 Å². The van der Waals surface area contributed by atoms with Gasteiger partial charge < -0.3 is 11.1 Å². The van der Waals surface area contributed by atoms with E-state index in [2.05, 4.69) is 5.32 Å². The minimum absolute atomic E-state index is 0.182. The van der Waals surface area contributed by atoms with Crippen molar-refractivity contribution in [2.45, 2.75) is 25.8 Å². The average molecular weight is 224 g/mol. The Morgan fingerprint density at radius 1 is 1.50 bits per heavy atom. The van der Waals surface area contributed by atoms with Crippen molar-refractivity contribution in [2.75, 3.05) is 6.54 Å². The van der Waals surface area contributed by atoms with Crippen LogP contribution in [-0.2, 0) is 11.2 Å². The highest BCUT2D eigenvalue weighted by Crippen LogP contribution is 2.06. The first-order chi connectivity index (χ1) is 7.65. The molecule has 1 aromatic carbocycles. The van der Waals surface area contributed by atoms with Gasteiger partial charge in [-0.25, -0.2) is 4.39 Å². The first kappa shape index (κ1) is 12.6. The van der Waals surface area contributed by atoms with Crippen molar-refractivity contribution in [3.05, 3.63) is 35.6 Å². The van der Waals surface area contributed by atoms with Crippen molar-refractivity contribution in [2.24, 2.45) is 5.73 Å². The van der Waals surface area contributed by atoms with Gasteiger partial charge in [0, 0.05) is 6.54 Å². The number of halogens is 1. The van der Waals surface area contributed by atoms with Crippen LogP contribution >= 0.6 is 0 Å². The fraction of sp³-hybridized carbons (Fsp3) is 0.417. The summed E-state index contributed by atoms with van der Waals surface area (Å²) in [5.74, 6) is -0.421. The molecule has 0 bridgehead atoms. The summed E-state index contributed by atoms with van der Waals surface area (Å²) in [7, 11) is 0. The highest BCUT2D eigenvalue weighted by molar-refractivity contribution is 5.81. The summed E-state index contributed by atoms with van der Waals surface area (Å²) in [4.78, 5) is 11.3. The van der Waals surface area contributed by atoms with E-state index in [0.717, 1.165) is 0 Å². The lowest BCUT2D eigenvalue weighted by Crippen LogP contribution is -2.40. The van der Waals surface area contributed by atoms with Crippen LogP contribution in [0, 0.1) is 5.82 Å². The van der Waals surface area contributed by atoms with Crippen molar-refractivity contribution >= 4 is 5.91 Å². The van der Waals surface area contributed by atoms with E-state index in [0.29, 0.717) is 24.9 Å². The lowest BCUT2D eigenvalue weighted by molar-refractivity contribution is -0.122. The van der Waals surface area contributed by atoms with Crippen LogP contribution in [0.15, 0.2) is 24.3 Å². The number of hydrogen-bond acceptors (Lipinski definition) is 2. The molecular formula is C12H17FN2O. The van der Waals surface area contributed by atoms with Gasteiger partial charge >= 0.3 is 0 Å². The van der Waals surface area contributed by atoms with Crippen LogP contribution in [0.5, 0.6) is 0 Å². The van der Waals surface area contributed by atoms with Crippen LogP contribution in [-0.4, -0.2) is 18.5 Å². The van der Waals surface area contributed by atoms with E-state index in [9.17, 15) is 9.18 Å². The summed E-state index contributed by atoms with van der Waals surface area (Å²) in [5.41, 5.74) is 6.14. The van der Waals surface area contributed by atoms with Crippen LogP contribution in [0.3, 0.4) is 0 Å². The molecule has 0 aliphatic rings. The number of rotatable bonds is 5. The highest BCUT2D eigenvalue weighted by atomic mass is 19.1. The SMILES string of the molecule is CCC(N)C(=O)NCCc1ccccc1F. The molecule has 0 saturated heterocycles. The third kappa shape index (κ3) is 3.62. The Kier molecular flexibility index (Phi) is 4.92. The van der Waals surface area contributed by atoms with Crippen LogP contribution in [0.1, 0.15) is 18.9 Å². The third-order valence-corrected chi connectivity index (χ3v) is 2.43. The average Bonchev–Trinajstić information content (AvgIpc) is 2.30. The van der Waals surface area contributed by atoms with Crippen LogP contribution < -0.4 is 11.1 Å². The maximum Gasteiger partial charge on any atom is 0.236 e. The molecule has 0 spiro atoms. The van der Waals surface area contributed by atoms with Gasteiger partial charge in [-0.05, 0) is 24.5 Å². The van der Waals surface area contributed by atoms with Crippen LogP contribution in [0.4, 0.5) is 4.39 Å². The molecule has 3 N–H and O–H groups in total. The molecule has 1 atom stereocenters. The Morgan fingerprint density at radius 2 is 2.19 bits per heavy atom. The number of carbonyl (C=O) groups excluding carboxylic acids is 1. The molecule has 0 saturated carbocycles. The van der Waals surface area contributed by atoms with Gasteiger partial charge in [0.1, 0.15) is 5.82 Å². The number of nitrogens with one attached hydrogen (secondary N) is 1. The molecular weight excluding hydrogens is 207 g/mol. The normalized spacial score (nSPS) is 12.2. The van der Waals surface area contributed by atoms with E-state index in [1.807, 2.05) is 6.92 Å². The maximum absolute atomic E-state index is 13.2. The lowest BCUT2D eigenvalue weighted by atomic mass is 10.1. The zero-order chi connectivity index (χ0) is 12.0. The molecule has 16 heavy (non-hydrogen) atoms. The van der Waals surface area contributed by atoms with Gasteiger partial charge in [-0.1, -0.05) is 25.1 Å². The van der Waals surface area contributed by atoms with E-state index < -0.39 is 6.04 Å². The fourth-order valence-corrected chi connectivity index (χ4v) is 1.34. The van der Waals surface area contributed by atoms with Gasteiger partial charge in [0.15, 0.2) is 0 Å². The molecule has 0 fully saturated rings. The number of carbonyl (C=O) groups is 1. The molecule has 1 aromatic rings. The molecule has 88 valence electrons. The standard InChI is InChI=1S/C12H17FN2O/c1-2-11(14)12(16)15-8-7-9-5-3-4-6-10(9)13/h3-6,11H,2,7-8,14H2,1H3,(H,15,16). The number of nitrogens with two attached hydrogens (primary N) is 1. The Labute approximate surface area is 94.8 Å². The number of amides is 1. The van der Waals surface area contributed by atoms with E-state index in [-0.39, 0.29) is 11.7 Å². The Balaban J connectivity index is 2.36. The van der Waals surface area contributed by atoms with Gasteiger partial charge in [-0.2, -0.15) is 0 Å². The smallest absolute Gasteiger partial charge is 0.236 e. The minimum Gasteiger partial charge on any atom is -0.354 e. The topological polar surface area (TPSA) is 55.1 Å². The minimum atomic E-state index is -0.472. The molecule has 1 unspecified atom stereocenters. The fourth-order valence-electron chi connectivity index (χ4n) is 1.34. The number of benzene rings is 1. The summed E-state index contributed by atoms with van der Waals surface area (Å²) >= 11 is 0.